The van der Waals surface area contributed by atoms with Crippen molar-refractivity contribution in [3.05, 3.63) is 24.3 Å². The SMILES string of the molecule is Cc1nc(N)cc(-c2cnc(N)nc2)n1. The van der Waals surface area contributed by atoms with Crippen LogP contribution in [0.4, 0.5) is 11.8 Å². The Morgan fingerprint density at radius 2 is 1.73 bits per heavy atom. The molecule has 0 amide bonds. The Hall–Kier alpha value is -2.24. The molecule has 0 aromatic carbocycles. The largest absolute Gasteiger partial charge is 0.384 e. The number of aryl methyl sites for hydroxylation is 1. The zero-order valence-corrected chi connectivity index (χ0v) is 8.18. The smallest absolute Gasteiger partial charge is 0.219 e. The Morgan fingerprint density at radius 3 is 2.33 bits per heavy atom. The molecule has 0 radical (unpaired) electrons. The molecule has 76 valence electrons. The van der Waals surface area contributed by atoms with Crippen molar-refractivity contribution in [2.45, 2.75) is 6.92 Å². The number of nitrogens with two attached hydrogens (primary N) is 2. The van der Waals surface area contributed by atoms with Crippen LogP contribution in [-0.4, -0.2) is 19.9 Å². The number of nitrogens with zero attached hydrogens (tertiary/aromatic N) is 4. The highest BCUT2D eigenvalue weighted by Gasteiger charge is 2.03. The molecule has 4 N–H and O–H groups in total. The highest BCUT2D eigenvalue weighted by molar-refractivity contribution is 5.60. The lowest BCUT2D eigenvalue weighted by atomic mass is 10.2. The van der Waals surface area contributed by atoms with Crippen molar-refractivity contribution >= 4 is 11.8 Å². The first-order valence-electron chi connectivity index (χ1n) is 4.34. The molecule has 0 aliphatic heterocycles. The number of rotatable bonds is 1. The minimum absolute atomic E-state index is 0.234. The highest BCUT2D eigenvalue weighted by Crippen LogP contribution is 2.16. The van der Waals surface area contributed by atoms with Crippen molar-refractivity contribution in [2.75, 3.05) is 11.5 Å². The van der Waals surface area contributed by atoms with E-state index in [1.165, 1.54) is 0 Å². The fraction of sp³-hybridized carbons (Fsp3) is 0.111. The van der Waals surface area contributed by atoms with Crippen molar-refractivity contribution in [3.8, 4) is 11.3 Å². The van der Waals surface area contributed by atoms with E-state index in [1.54, 1.807) is 25.4 Å². The van der Waals surface area contributed by atoms with Gasteiger partial charge < -0.3 is 11.5 Å². The van der Waals surface area contributed by atoms with Gasteiger partial charge in [0.15, 0.2) is 0 Å². The zero-order valence-electron chi connectivity index (χ0n) is 8.18. The Morgan fingerprint density at radius 1 is 1.07 bits per heavy atom. The predicted octanol–water partition coefficient (Wildman–Crippen LogP) is 0.406. The summed E-state index contributed by atoms with van der Waals surface area (Å²) in [5.74, 6) is 1.27. The lowest BCUT2D eigenvalue weighted by molar-refractivity contribution is 1.06. The Balaban J connectivity index is 2.49. The average molecular weight is 202 g/mol. The van der Waals surface area contributed by atoms with E-state index in [4.69, 9.17) is 11.5 Å². The van der Waals surface area contributed by atoms with Gasteiger partial charge in [-0.25, -0.2) is 19.9 Å². The van der Waals surface area contributed by atoms with E-state index < -0.39 is 0 Å². The summed E-state index contributed by atoms with van der Waals surface area (Å²) in [6, 6.07) is 1.67. The van der Waals surface area contributed by atoms with Crippen LogP contribution in [-0.2, 0) is 0 Å². The van der Waals surface area contributed by atoms with E-state index in [0.717, 1.165) is 5.56 Å². The second-order valence-electron chi connectivity index (χ2n) is 3.06. The summed E-state index contributed by atoms with van der Waals surface area (Å²) in [5.41, 5.74) is 12.5. The summed E-state index contributed by atoms with van der Waals surface area (Å²) in [5, 5.41) is 0. The molecular formula is C9H10N6. The van der Waals surface area contributed by atoms with Gasteiger partial charge in [-0.2, -0.15) is 0 Å². The normalized spacial score (nSPS) is 10.2. The summed E-state index contributed by atoms with van der Waals surface area (Å²) in [6.45, 7) is 1.78. The topological polar surface area (TPSA) is 104 Å². The lowest BCUT2D eigenvalue weighted by Gasteiger charge is -2.02. The first kappa shape index (κ1) is 9.32. The molecule has 0 fully saturated rings. The minimum Gasteiger partial charge on any atom is -0.384 e. The molecule has 2 rings (SSSR count). The molecule has 6 nitrogen and oxygen atoms in total. The van der Waals surface area contributed by atoms with Crippen molar-refractivity contribution in [1.29, 1.82) is 0 Å². The van der Waals surface area contributed by atoms with Gasteiger partial charge in [-0.3, -0.25) is 0 Å². The average Bonchev–Trinajstić information content (AvgIpc) is 2.17. The van der Waals surface area contributed by atoms with Gasteiger partial charge in [-0.15, -0.1) is 0 Å². The molecule has 15 heavy (non-hydrogen) atoms. The molecule has 0 atom stereocenters. The minimum atomic E-state index is 0.234. The monoisotopic (exact) mass is 202 g/mol. The molecule has 0 aliphatic rings. The van der Waals surface area contributed by atoms with Crippen LogP contribution in [0.2, 0.25) is 0 Å². The van der Waals surface area contributed by atoms with Crippen LogP contribution in [0.1, 0.15) is 5.82 Å². The standard InChI is InChI=1S/C9H10N6/c1-5-14-7(2-8(10)15-5)6-3-12-9(11)13-4-6/h2-4H,1H3,(H2,10,14,15)(H2,11,12,13). The van der Waals surface area contributed by atoms with Crippen molar-refractivity contribution in [3.63, 3.8) is 0 Å². The molecule has 0 saturated heterocycles. The highest BCUT2D eigenvalue weighted by atomic mass is 15.0. The van der Waals surface area contributed by atoms with E-state index >= 15 is 0 Å². The van der Waals surface area contributed by atoms with Crippen molar-refractivity contribution in [2.24, 2.45) is 0 Å². The van der Waals surface area contributed by atoms with Crippen molar-refractivity contribution < 1.29 is 0 Å². The van der Waals surface area contributed by atoms with E-state index in [9.17, 15) is 0 Å². The second-order valence-corrected chi connectivity index (χ2v) is 3.06. The Bertz CT molecular complexity index is 458. The van der Waals surface area contributed by atoms with Gasteiger partial charge in [0, 0.05) is 24.0 Å². The number of hydrogen-bond acceptors (Lipinski definition) is 6. The third kappa shape index (κ3) is 1.98. The van der Waals surface area contributed by atoms with E-state index in [2.05, 4.69) is 19.9 Å². The summed E-state index contributed by atoms with van der Waals surface area (Å²) < 4.78 is 0. The molecule has 0 unspecified atom stereocenters. The third-order valence-corrected chi connectivity index (χ3v) is 1.83. The van der Waals surface area contributed by atoms with Crippen LogP contribution in [0, 0.1) is 6.92 Å². The molecule has 6 heteroatoms. The van der Waals surface area contributed by atoms with Gasteiger partial charge in [0.1, 0.15) is 11.6 Å². The number of nitrogen functional groups attached to an aromatic ring is 2. The molecule has 2 aromatic heterocycles. The molecule has 0 spiro atoms. The maximum absolute atomic E-state index is 5.61. The summed E-state index contributed by atoms with van der Waals surface area (Å²) >= 11 is 0. The molecule has 0 saturated carbocycles. The van der Waals surface area contributed by atoms with Crippen LogP contribution in [0.15, 0.2) is 18.5 Å². The summed E-state index contributed by atoms with van der Waals surface area (Å²) in [4.78, 5) is 16.0. The summed E-state index contributed by atoms with van der Waals surface area (Å²) in [7, 11) is 0. The zero-order chi connectivity index (χ0) is 10.8. The second kappa shape index (κ2) is 3.49. The van der Waals surface area contributed by atoms with Crippen LogP contribution >= 0.6 is 0 Å². The van der Waals surface area contributed by atoms with Crippen molar-refractivity contribution in [1.82, 2.24) is 19.9 Å². The van der Waals surface area contributed by atoms with E-state index in [0.29, 0.717) is 17.3 Å². The van der Waals surface area contributed by atoms with Crippen LogP contribution in [0.5, 0.6) is 0 Å². The first-order chi connectivity index (χ1) is 7.15. The third-order valence-electron chi connectivity index (χ3n) is 1.83. The van der Waals surface area contributed by atoms with Crippen LogP contribution < -0.4 is 11.5 Å². The first-order valence-corrected chi connectivity index (χ1v) is 4.34. The lowest BCUT2D eigenvalue weighted by Crippen LogP contribution is -1.99. The maximum atomic E-state index is 5.61. The van der Waals surface area contributed by atoms with Gasteiger partial charge >= 0.3 is 0 Å². The fourth-order valence-corrected chi connectivity index (χ4v) is 1.21. The fourth-order valence-electron chi connectivity index (χ4n) is 1.21. The molecule has 0 aliphatic carbocycles. The number of anilines is 2. The molecule has 0 bridgehead atoms. The number of hydrogen-bond donors (Lipinski definition) is 2. The van der Waals surface area contributed by atoms with Gasteiger partial charge in [-0.05, 0) is 6.92 Å². The van der Waals surface area contributed by atoms with E-state index in [1.807, 2.05) is 0 Å². The summed E-state index contributed by atoms with van der Waals surface area (Å²) in [6.07, 6.45) is 3.20. The molecular weight excluding hydrogens is 192 g/mol. The van der Waals surface area contributed by atoms with Gasteiger partial charge in [0.2, 0.25) is 5.95 Å². The van der Waals surface area contributed by atoms with Gasteiger partial charge in [0.05, 0.1) is 5.69 Å². The van der Waals surface area contributed by atoms with Gasteiger partial charge in [0.25, 0.3) is 0 Å². The maximum Gasteiger partial charge on any atom is 0.219 e. The van der Waals surface area contributed by atoms with Crippen LogP contribution in [0.25, 0.3) is 11.3 Å². The predicted molar refractivity (Wildman–Crippen MR) is 56.6 cm³/mol. The quantitative estimate of drug-likeness (QED) is 0.694. The molecule has 2 heterocycles. The van der Waals surface area contributed by atoms with E-state index in [-0.39, 0.29) is 5.95 Å². The number of aromatic nitrogens is 4. The van der Waals surface area contributed by atoms with Gasteiger partial charge in [-0.1, -0.05) is 0 Å². The Labute approximate surface area is 86.4 Å². The Kier molecular flexibility index (Phi) is 2.17. The van der Waals surface area contributed by atoms with Crippen LogP contribution in [0.3, 0.4) is 0 Å². The molecule has 2 aromatic rings.